The van der Waals surface area contributed by atoms with Crippen molar-refractivity contribution in [3.05, 3.63) is 6.20 Å². The lowest BCUT2D eigenvalue weighted by Crippen LogP contribution is -2.43. The maximum atomic E-state index is 10.8. The number of anilines is 1. The molecule has 0 spiro atoms. The summed E-state index contributed by atoms with van der Waals surface area (Å²) in [5, 5.41) is 9.79. The first-order valence-electron chi connectivity index (χ1n) is 3.04. The van der Waals surface area contributed by atoms with E-state index in [9.17, 15) is 4.79 Å². The average molecular weight is 138 g/mol. The van der Waals surface area contributed by atoms with Gasteiger partial charge in [-0.05, 0) is 0 Å². The molecular weight excluding hydrogens is 132 g/mol. The van der Waals surface area contributed by atoms with Crippen LogP contribution in [-0.2, 0) is 4.79 Å². The third kappa shape index (κ3) is 0.601. The normalized spacial score (nSPS) is 17.2. The molecule has 1 aromatic rings. The summed E-state index contributed by atoms with van der Waals surface area (Å²) < 4.78 is 0. The van der Waals surface area contributed by atoms with Crippen molar-refractivity contribution in [1.82, 2.24) is 15.4 Å². The van der Waals surface area contributed by atoms with Gasteiger partial charge in [-0.15, -0.1) is 5.10 Å². The highest BCUT2D eigenvalue weighted by Gasteiger charge is 2.26. The predicted molar refractivity (Wildman–Crippen MR) is 33.4 cm³/mol. The van der Waals surface area contributed by atoms with E-state index in [1.807, 2.05) is 0 Å². The van der Waals surface area contributed by atoms with Crippen LogP contribution in [-0.4, -0.2) is 27.9 Å². The van der Waals surface area contributed by atoms with Crippen LogP contribution in [0.2, 0.25) is 0 Å². The largest absolute Gasteiger partial charge is 0.293 e. The molecule has 10 heavy (non-hydrogen) atoms. The Bertz CT molecular complexity index is 242. The quantitative estimate of drug-likeness (QED) is 0.534. The molecule has 5 nitrogen and oxygen atoms in total. The van der Waals surface area contributed by atoms with Crippen LogP contribution in [0.5, 0.6) is 0 Å². The number of rotatable bonds is 1. The Morgan fingerprint density at radius 3 is 3.00 bits per heavy atom. The van der Waals surface area contributed by atoms with Gasteiger partial charge in [-0.25, -0.2) is 0 Å². The van der Waals surface area contributed by atoms with Crippen molar-refractivity contribution in [3.63, 3.8) is 0 Å². The third-order valence-electron chi connectivity index (χ3n) is 1.53. The monoisotopic (exact) mass is 138 g/mol. The molecule has 1 aromatic heterocycles. The van der Waals surface area contributed by atoms with Crippen LogP contribution in [0, 0.1) is 0 Å². The van der Waals surface area contributed by atoms with Crippen molar-refractivity contribution in [1.29, 1.82) is 0 Å². The molecule has 0 bridgehead atoms. The van der Waals surface area contributed by atoms with Gasteiger partial charge in [-0.3, -0.25) is 9.69 Å². The second-order valence-electron chi connectivity index (χ2n) is 2.12. The summed E-state index contributed by atoms with van der Waals surface area (Å²) in [5.41, 5.74) is 0. The Labute approximate surface area is 57.0 Å². The Morgan fingerprint density at radius 1 is 1.70 bits per heavy atom. The number of aromatic nitrogens is 3. The number of H-pyrrole nitrogens is 1. The lowest BCUT2D eigenvalue weighted by Gasteiger charge is -2.27. The molecule has 0 radical (unpaired) electrons. The molecule has 1 saturated heterocycles. The number of hydrogen-bond acceptors (Lipinski definition) is 3. The molecule has 0 unspecified atom stereocenters. The zero-order valence-electron chi connectivity index (χ0n) is 5.24. The average Bonchev–Trinajstić information content (AvgIpc) is 2.37. The number of nitrogens with one attached hydrogen (secondary N) is 1. The van der Waals surface area contributed by atoms with E-state index >= 15 is 0 Å². The molecule has 1 aliphatic heterocycles. The van der Waals surface area contributed by atoms with Crippen LogP contribution < -0.4 is 4.90 Å². The van der Waals surface area contributed by atoms with Crippen molar-refractivity contribution in [2.75, 3.05) is 11.4 Å². The Morgan fingerprint density at radius 2 is 2.60 bits per heavy atom. The van der Waals surface area contributed by atoms with E-state index in [0.29, 0.717) is 12.2 Å². The van der Waals surface area contributed by atoms with Crippen LogP contribution in [0.1, 0.15) is 6.42 Å². The minimum atomic E-state index is 0.119. The minimum absolute atomic E-state index is 0.119. The summed E-state index contributed by atoms with van der Waals surface area (Å²) in [6.45, 7) is 0.769. The number of carbonyl (C=O) groups excluding carboxylic acids is 1. The fraction of sp³-hybridized carbons (Fsp3) is 0.400. The fourth-order valence-corrected chi connectivity index (χ4v) is 0.883. The molecule has 1 aliphatic rings. The van der Waals surface area contributed by atoms with E-state index in [1.165, 1.54) is 6.20 Å². The molecule has 2 heterocycles. The van der Waals surface area contributed by atoms with E-state index in [0.717, 1.165) is 6.54 Å². The van der Waals surface area contributed by atoms with E-state index in [4.69, 9.17) is 0 Å². The Kier molecular flexibility index (Phi) is 0.969. The molecule has 1 fully saturated rings. The first-order chi connectivity index (χ1) is 4.88. The van der Waals surface area contributed by atoms with Gasteiger partial charge in [0, 0.05) is 13.0 Å². The van der Waals surface area contributed by atoms with E-state index in [1.54, 1.807) is 4.90 Å². The highest BCUT2D eigenvalue weighted by molar-refractivity contribution is 5.98. The number of hydrogen-bond donors (Lipinski definition) is 1. The van der Waals surface area contributed by atoms with Gasteiger partial charge in [0.15, 0.2) is 5.82 Å². The highest BCUT2D eigenvalue weighted by atomic mass is 16.2. The van der Waals surface area contributed by atoms with Crippen LogP contribution in [0.15, 0.2) is 6.20 Å². The van der Waals surface area contributed by atoms with E-state index in [-0.39, 0.29) is 5.91 Å². The lowest BCUT2D eigenvalue weighted by molar-refractivity contribution is -0.122. The Balaban J connectivity index is 2.21. The number of β-lactam (4-membered cyclic amide) rings is 1. The first kappa shape index (κ1) is 5.40. The molecule has 0 aliphatic carbocycles. The number of nitrogens with zero attached hydrogens (tertiary/aromatic N) is 3. The summed E-state index contributed by atoms with van der Waals surface area (Å²) in [5.74, 6) is 0.741. The van der Waals surface area contributed by atoms with Crippen molar-refractivity contribution >= 4 is 11.7 Å². The standard InChI is InChI=1S/C5H6N4O/c10-5-1-2-9(5)4-3-6-8-7-4/h3H,1-2H2,(H,6,7,8). The van der Waals surface area contributed by atoms with Crippen molar-refractivity contribution in [3.8, 4) is 0 Å². The molecule has 0 aromatic carbocycles. The summed E-state index contributed by atoms with van der Waals surface area (Å²) in [6, 6.07) is 0. The zero-order chi connectivity index (χ0) is 6.97. The molecule has 0 saturated carbocycles. The molecule has 1 amide bonds. The second kappa shape index (κ2) is 1.80. The molecule has 1 N–H and O–H groups in total. The predicted octanol–water partition coefficient (Wildman–Crippen LogP) is -0.459. The number of amides is 1. The molecule has 2 rings (SSSR count). The zero-order valence-corrected chi connectivity index (χ0v) is 5.24. The third-order valence-corrected chi connectivity index (χ3v) is 1.53. The summed E-state index contributed by atoms with van der Waals surface area (Å²) >= 11 is 0. The van der Waals surface area contributed by atoms with Crippen LogP contribution in [0.4, 0.5) is 5.82 Å². The molecule has 5 heteroatoms. The van der Waals surface area contributed by atoms with Crippen molar-refractivity contribution in [2.45, 2.75) is 6.42 Å². The maximum absolute atomic E-state index is 10.8. The topological polar surface area (TPSA) is 61.9 Å². The molecule has 52 valence electrons. The summed E-state index contributed by atoms with van der Waals surface area (Å²) in [6.07, 6.45) is 2.17. The summed E-state index contributed by atoms with van der Waals surface area (Å²) in [4.78, 5) is 12.4. The van der Waals surface area contributed by atoms with Gasteiger partial charge in [0.1, 0.15) is 0 Å². The number of carbonyl (C=O) groups is 1. The van der Waals surface area contributed by atoms with E-state index in [2.05, 4.69) is 15.4 Å². The van der Waals surface area contributed by atoms with Crippen LogP contribution in [0.25, 0.3) is 0 Å². The van der Waals surface area contributed by atoms with Gasteiger partial charge >= 0.3 is 0 Å². The minimum Gasteiger partial charge on any atom is -0.293 e. The van der Waals surface area contributed by atoms with Crippen LogP contribution >= 0.6 is 0 Å². The second-order valence-corrected chi connectivity index (χ2v) is 2.12. The van der Waals surface area contributed by atoms with Gasteiger partial charge in [-0.1, -0.05) is 0 Å². The SMILES string of the molecule is O=C1CCN1c1cn[nH]n1. The summed E-state index contributed by atoms with van der Waals surface area (Å²) in [7, 11) is 0. The van der Waals surface area contributed by atoms with Gasteiger partial charge in [0.2, 0.25) is 5.91 Å². The van der Waals surface area contributed by atoms with E-state index < -0.39 is 0 Å². The molecular formula is C5H6N4O. The lowest BCUT2D eigenvalue weighted by atomic mass is 10.2. The van der Waals surface area contributed by atoms with Crippen molar-refractivity contribution < 1.29 is 4.79 Å². The number of aromatic amines is 1. The molecule has 0 atom stereocenters. The van der Waals surface area contributed by atoms with Crippen LogP contribution in [0.3, 0.4) is 0 Å². The van der Waals surface area contributed by atoms with Gasteiger partial charge in [-0.2, -0.15) is 10.3 Å². The first-order valence-corrected chi connectivity index (χ1v) is 3.04. The fourth-order valence-electron chi connectivity index (χ4n) is 0.883. The maximum Gasteiger partial charge on any atom is 0.230 e. The van der Waals surface area contributed by atoms with Gasteiger partial charge in [0.05, 0.1) is 6.20 Å². The highest BCUT2D eigenvalue weighted by Crippen LogP contribution is 2.16. The van der Waals surface area contributed by atoms with Gasteiger partial charge in [0.25, 0.3) is 0 Å². The van der Waals surface area contributed by atoms with Gasteiger partial charge < -0.3 is 0 Å². The van der Waals surface area contributed by atoms with Crippen molar-refractivity contribution in [2.24, 2.45) is 0 Å². The Hall–Kier alpha value is -1.39. The smallest absolute Gasteiger partial charge is 0.230 e.